The Balaban J connectivity index is 1.58. The largest absolute Gasteiger partial charge is 0.393 e. The van der Waals surface area contributed by atoms with Crippen LogP contribution in [0.3, 0.4) is 0 Å². The van der Waals surface area contributed by atoms with Gasteiger partial charge in [0.2, 0.25) is 0 Å². The van der Waals surface area contributed by atoms with E-state index in [0.29, 0.717) is 35.4 Å². The standard InChI is InChI=1S/C30H48O2/c1-18(2)19-11-14-28(6)24(32)17-30(8)20(25(19)28)9-10-22-27(5)15-13-23(31)26(3,4)21(27)12-16-29(22,30)7/h19-22,24-25,32H,1,9-17H2,2-8H3/t19-,20+,21-,22+,24-,25-,27-,28+,29+,30+/m0/s1. The first-order valence-electron chi connectivity index (χ1n) is 13.6. The van der Waals surface area contributed by atoms with Gasteiger partial charge >= 0.3 is 0 Å². The fourth-order valence-corrected chi connectivity index (χ4v) is 11.3. The molecule has 0 unspecified atom stereocenters. The molecular formula is C30H48O2. The average Bonchev–Trinajstić information content (AvgIpc) is 3.05. The molecule has 0 aromatic rings. The molecule has 5 rings (SSSR count). The van der Waals surface area contributed by atoms with Crippen LogP contribution in [-0.4, -0.2) is 17.0 Å². The Hall–Kier alpha value is -0.630. The molecule has 0 aliphatic heterocycles. The normalized spacial score (nSPS) is 56.6. The molecule has 5 aliphatic carbocycles. The Labute approximate surface area is 197 Å². The van der Waals surface area contributed by atoms with Gasteiger partial charge in [0.05, 0.1) is 6.10 Å². The molecule has 5 saturated carbocycles. The van der Waals surface area contributed by atoms with E-state index in [-0.39, 0.29) is 33.2 Å². The Morgan fingerprint density at radius 1 is 0.875 bits per heavy atom. The summed E-state index contributed by atoms with van der Waals surface area (Å²) in [7, 11) is 0. The summed E-state index contributed by atoms with van der Waals surface area (Å²) < 4.78 is 0. The smallest absolute Gasteiger partial charge is 0.138 e. The molecule has 10 atom stereocenters. The number of fused-ring (bicyclic) bond motifs is 7. The second-order valence-electron chi connectivity index (χ2n) is 14.6. The first-order valence-corrected chi connectivity index (χ1v) is 13.6. The number of aliphatic hydroxyl groups excluding tert-OH is 1. The summed E-state index contributed by atoms with van der Waals surface area (Å²) >= 11 is 0. The summed E-state index contributed by atoms with van der Waals surface area (Å²) in [4.78, 5) is 12.9. The molecule has 0 amide bonds. The summed E-state index contributed by atoms with van der Waals surface area (Å²) in [5.41, 5.74) is 1.85. The second kappa shape index (κ2) is 6.73. The molecule has 0 spiro atoms. The molecule has 0 saturated heterocycles. The van der Waals surface area contributed by atoms with Gasteiger partial charge < -0.3 is 5.11 Å². The average molecular weight is 441 g/mol. The minimum atomic E-state index is -0.205. The zero-order valence-corrected chi connectivity index (χ0v) is 21.9. The molecule has 0 bridgehead atoms. The fraction of sp³-hybridized carbons (Fsp3) is 0.900. The van der Waals surface area contributed by atoms with Crippen LogP contribution in [0, 0.1) is 56.7 Å². The summed E-state index contributed by atoms with van der Waals surface area (Å²) in [6.45, 7) is 21.2. The number of aliphatic hydroxyl groups is 1. The van der Waals surface area contributed by atoms with Gasteiger partial charge in [-0.1, -0.05) is 53.7 Å². The first-order chi connectivity index (χ1) is 14.7. The highest BCUT2D eigenvalue weighted by Crippen LogP contribution is 2.77. The molecule has 0 aromatic heterocycles. The number of Topliss-reactive ketones (excluding diaryl/α,β-unsaturated/α-hetero) is 1. The highest BCUT2D eigenvalue weighted by atomic mass is 16.3. The van der Waals surface area contributed by atoms with Crippen molar-refractivity contribution in [1.82, 2.24) is 0 Å². The summed E-state index contributed by atoms with van der Waals surface area (Å²) in [5.74, 6) is 3.47. The van der Waals surface area contributed by atoms with Crippen LogP contribution in [-0.2, 0) is 4.79 Å². The van der Waals surface area contributed by atoms with Crippen molar-refractivity contribution in [2.45, 2.75) is 112 Å². The molecule has 5 aliphatic rings. The van der Waals surface area contributed by atoms with Crippen LogP contribution in [0.25, 0.3) is 0 Å². The third kappa shape index (κ3) is 2.55. The van der Waals surface area contributed by atoms with Gasteiger partial charge in [-0.2, -0.15) is 0 Å². The Morgan fingerprint density at radius 2 is 1.56 bits per heavy atom. The molecule has 0 radical (unpaired) electrons. The molecule has 0 heterocycles. The van der Waals surface area contributed by atoms with Crippen molar-refractivity contribution in [1.29, 1.82) is 0 Å². The van der Waals surface area contributed by atoms with Gasteiger partial charge in [-0.15, -0.1) is 0 Å². The van der Waals surface area contributed by atoms with Gasteiger partial charge in [0.15, 0.2) is 0 Å². The van der Waals surface area contributed by atoms with Crippen molar-refractivity contribution in [3.8, 4) is 0 Å². The number of allylic oxidation sites excluding steroid dienone is 1. The van der Waals surface area contributed by atoms with E-state index in [1.54, 1.807) is 0 Å². The zero-order chi connectivity index (χ0) is 23.5. The second-order valence-corrected chi connectivity index (χ2v) is 14.6. The van der Waals surface area contributed by atoms with Gasteiger partial charge in [0, 0.05) is 11.8 Å². The van der Waals surface area contributed by atoms with E-state index in [2.05, 4.69) is 55.0 Å². The maximum atomic E-state index is 12.9. The van der Waals surface area contributed by atoms with Crippen LogP contribution >= 0.6 is 0 Å². The molecule has 1 N–H and O–H groups in total. The van der Waals surface area contributed by atoms with Crippen LogP contribution in [0.1, 0.15) is 106 Å². The number of ketones is 1. The maximum absolute atomic E-state index is 12.9. The Kier molecular flexibility index (Phi) is 4.87. The minimum Gasteiger partial charge on any atom is -0.393 e. The zero-order valence-electron chi connectivity index (χ0n) is 21.9. The molecular weight excluding hydrogens is 392 g/mol. The Bertz CT molecular complexity index is 842. The quantitative estimate of drug-likeness (QED) is 0.438. The fourth-order valence-electron chi connectivity index (χ4n) is 11.3. The molecule has 180 valence electrons. The summed E-state index contributed by atoms with van der Waals surface area (Å²) in [5, 5.41) is 11.7. The van der Waals surface area contributed by atoms with Crippen molar-refractivity contribution in [2.75, 3.05) is 0 Å². The lowest BCUT2D eigenvalue weighted by molar-refractivity contribution is -0.250. The minimum absolute atomic E-state index is 0.0529. The number of hydrogen-bond donors (Lipinski definition) is 1. The van der Waals surface area contributed by atoms with Crippen molar-refractivity contribution >= 4 is 5.78 Å². The SMILES string of the molecule is C=C(C)[C@@H]1CC[C@@]2(C)[C@@H]1[C@H]1CC[C@@H]3[C@@]4(C)CCC(=O)C(C)(C)[C@@H]4CC[C@@]3(C)[C@]1(C)C[C@@H]2O. The van der Waals surface area contributed by atoms with Gasteiger partial charge in [-0.25, -0.2) is 0 Å². The van der Waals surface area contributed by atoms with Gasteiger partial charge in [-0.3, -0.25) is 4.79 Å². The van der Waals surface area contributed by atoms with E-state index in [0.717, 1.165) is 25.7 Å². The lowest BCUT2D eigenvalue weighted by Crippen LogP contribution is -2.67. The first kappa shape index (κ1) is 23.1. The number of hydrogen-bond acceptors (Lipinski definition) is 2. The number of carbonyl (C=O) groups is 1. The highest BCUT2D eigenvalue weighted by molar-refractivity contribution is 5.85. The monoisotopic (exact) mass is 440 g/mol. The maximum Gasteiger partial charge on any atom is 0.138 e. The van der Waals surface area contributed by atoms with E-state index >= 15 is 0 Å². The lowest BCUT2D eigenvalue weighted by Gasteiger charge is -2.72. The number of carbonyl (C=O) groups excluding carboxylic acids is 1. The highest BCUT2D eigenvalue weighted by Gasteiger charge is 2.71. The summed E-state index contributed by atoms with van der Waals surface area (Å²) in [6.07, 6.45) is 9.93. The molecule has 5 fully saturated rings. The third-order valence-corrected chi connectivity index (χ3v) is 13.3. The van der Waals surface area contributed by atoms with E-state index < -0.39 is 0 Å². The Morgan fingerprint density at radius 3 is 2.22 bits per heavy atom. The van der Waals surface area contributed by atoms with Gasteiger partial charge in [-0.05, 0) is 110 Å². The molecule has 2 nitrogen and oxygen atoms in total. The molecule has 0 aromatic carbocycles. The summed E-state index contributed by atoms with van der Waals surface area (Å²) in [6, 6.07) is 0. The van der Waals surface area contributed by atoms with E-state index in [4.69, 9.17) is 0 Å². The van der Waals surface area contributed by atoms with Crippen LogP contribution in [0.4, 0.5) is 0 Å². The van der Waals surface area contributed by atoms with Crippen molar-refractivity contribution in [2.24, 2.45) is 56.7 Å². The van der Waals surface area contributed by atoms with E-state index in [1.807, 2.05) is 0 Å². The molecule has 32 heavy (non-hydrogen) atoms. The predicted molar refractivity (Wildman–Crippen MR) is 131 cm³/mol. The van der Waals surface area contributed by atoms with E-state index in [9.17, 15) is 9.90 Å². The predicted octanol–water partition coefficient (Wildman–Crippen LogP) is 7.20. The van der Waals surface area contributed by atoms with E-state index in [1.165, 1.54) is 37.7 Å². The van der Waals surface area contributed by atoms with Crippen LogP contribution in [0.15, 0.2) is 12.2 Å². The van der Waals surface area contributed by atoms with Gasteiger partial charge in [0.25, 0.3) is 0 Å². The lowest BCUT2D eigenvalue weighted by atomic mass is 9.32. The van der Waals surface area contributed by atoms with Crippen molar-refractivity contribution < 1.29 is 9.90 Å². The third-order valence-electron chi connectivity index (χ3n) is 13.3. The molecule has 2 heteroatoms. The topological polar surface area (TPSA) is 37.3 Å². The van der Waals surface area contributed by atoms with Gasteiger partial charge in [0.1, 0.15) is 5.78 Å². The van der Waals surface area contributed by atoms with Crippen LogP contribution < -0.4 is 0 Å². The van der Waals surface area contributed by atoms with Crippen molar-refractivity contribution in [3.63, 3.8) is 0 Å². The van der Waals surface area contributed by atoms with Crippen LogP contribution in [0.5, 0.6) is 0 Å². The van der Waals surface area contributed by atoms with Crippen LogP contribution in [0.2, 0.25) is 0 Å². The van der Waals surface area contributed by atoms with Crippen molar-refractivity contribution in [3.05, 3.63) is 12.2 Å². The number of rotatable bonds is 1.